The summed E-state index contributed by atoms with van der Waals surface area (Å²) in [4.78, 5) is 33.5. The van der Waals surface area contributed by atoms with Gasteiger partial charge in [0.25, 0.3) is 0 Å². The zero-order chi connectivity index (χ0) is 19.7. The molecule has 0 heterocycles. The maximum absolute atomic E-state index is 11.9. The highest BCUT2D eigenvalue weighted by molar-refractivity contribution is 5.83. The lowest BCUT2D eigenvalue weighted by Gasteiger charge is -2.21. The Hall–Kier alpha value is -2.81. The van der Waals surface area contributed by atoms with E-state index >= 15 is 0 Å². The molecule has 144 valence electrons. The maximum Gasteiger partial charge on any atom is 0.323 e. The Kier molecular flexibility index (Phi) is 7.85. The van der Waals surface area contributed by atoms with E-state index in [0.29, 0.717) is 6.42 Å². The summed E-state index contributed by atoms with van der Waals surface area (Å²) in [7, 11) is 0. The van der Waals surface area contributed by atoms with Crippen molar-refractivity contribution < 1.29 is 24.2 Å². The molecule has 0 aromatic heterocycles. The van der Waals surface area contributed by atoms with Crippen LogP contribution >= 0.6 is 0 Å². The summed E-state index contributed by atoms with van der Waals surface area (Å²) in [6, 6.07) is 5.83. The van der Waals surface area contributed by atoms with Crippen molar-refractivity contribution in [2.45, 2.75) is 38.8 Å². The summed E-state index contributed by atoms with van der Waals surface area (Å²) >= 11 is 0. The molecule has 1 rings (SSSR count). The average molecular weight is 366 g/mol. The number of amides is 3. The quantitative estimate of drug-likeness (QED) is 0.416. The number of benzene rings is 1. The van der Waals surface area contributed by atoms with Gasteiger partial charge in [-0.3, -0.25) is 9.59 Å². The van der Waals surface area contributed by atoms with Crippen LogP contribution in [-0.4, -0.2) is 47.9 Å². The first-order valence-electron chi connectivity index (χ1n) is 8.11. The van der Waals surface area contributed by atoms with Crippen molar-refractivity contribution in [1.82, 2.24) is 16.0 Å². The Morgan fingerprint density at radius 2 is 1.73 bits per heavy atom. The SMILES string of the molecule is CC(C)(C)Oc1ccc(C[C@H](N)C(=O)NCNC(=O)NCC(=O)O)cc1. The topological polar surface area (TPSA) is 143 Å². The highest BCUT2D eigenvalue weighted by atomic mass is 16.5. The first-order chi connectivity index (χ1) is 12.1. The number of carboxylic acids is 1. The van der Waals surface area contributed by atoms with Crippen LogP contribution in [0.1, 0.15) is 26.3 Å². The van der Waals surface area contributed by atoms with Crippen molar-refractivity contribution in [3.8, 4) is 5.75 Å². The molecule has 0 saturated heterocycles. The van der Waals surface area contributed by atoms with Crippen LogP contribution in [0.3, 0.4) is 0 Å². The third-order valence-electron chi connectivity index (χ3n) is 3.05. The van der Waals surface area contributed by atoms with E-state index in [1.165, 1.54) is 0 Å². The average Bonchev–Trinajstić information content (AvgIpc) is 2.53. The minimum absolute atomic E-state index is 0.156. The Morgan fingerprint density at radius 1 is 1.12 bits per heavy atom. The van der Waals surface area contributed by atoms with E-state index in [1.54, 1.807) is 0 Å². The van der Waals surface area contributed by atoms with Gasteiger partial charge in [-0.2, -0.15) is 0 Å². The molecule has 0 aliphatic heterocycles. The number of nitrogens with two attached hydrogens (primary N) is 1. The highest BCUT2D eigenvalue weighted by Gasteiger charge is 2.15. The predicted octanol–water partition coefficient (Wildman–Crippen LogP) is 0.191. The van der Waals surface area contributed by atoms with E-state index in [4.69, 9.17) is 15.6 Å². The molecule has 0 unspecified atom stereocenters. The van der Waals surface area contributed by atoms with Gasteiger partial charge in [0, 0.05) is 0 Å². The van der Waals surface area contributed by atoms with E-state index in [1.807, 2.05) is 45.0 Å². The minimum Gasteiger partial charge on any atom is -0.488 e. The van der Waals surface area contributed by atoms with Crippen molar-refractivity contribution in [1.29, 1.82) is 0 Å². The number of urea groups is 1. The van der Waals surface area contributed by atoms with Gasteiger partial charge in [0.05, 0.1) is 12.7 Å². The van der Waals surface area contributed by atoms with Crippen molar-refractivity contribution in [2.75, 3.05) is 13.2 Å². The van der Waals surface area contributed by atoms with Crippen molar-refractivity contribution in [3.63, 3.8) is 0 Å². The van der Waals surface area contributed by atoms with Crippen LogP contribution in [0.5, 0.6) is 5.75 Å². The lowest BCUT2D eigenvalue weighted by Crippen LogP contribution is -2.48. The number of nitrogens with one attached hydrogen (secondary N) is 3. The summed E-state index contributed by atoms with van der Waals surface area (Å²) < 4.78 is 5.73. The van der Waals surface area contributed by atoms with Gasteiger partial charge < -0.3 is 31.5 Å². The second-order valence-electron chi connectivity index (χ2n) is 6.64. The van der Waals surface area contributed by atoms with Gasteiger partial charge in [0.15, 0.2) is 0 Å². The van der Waals surface area contributed by atoms with E-state index in [9.17, 15) is 14.4 Å². The lowest BCUT2D eigenvalue weighted by molar-refractivity contribution is -0.135. The molecule has 0 fully saturated rings. The molecule has 9 heteroatoms. The normalized spacial score (nSPS) is 12.0. The molecule has 1 atom stereocenters. The van der Waals surface area contributed by atoms with Gasteiger partial charge in [-0.1, -0.05) is 12.1 Å². The minimum atomic E-state index is -1.16. The van der Waals surface area contributed by atoms with Crippen LogP contribution in [0.15, 0.2) is 24.3 Å². The summed E-state index contributed by atoms with van der Waals surface area (Å²) in [6.07, 6.45) is 0.326. The molecule has 0 spiro atoms. The fraction of sp³-hybridized carbons (Fsp3) is 0.471. The summed E-state index contributed by atoms with van der Waals surface area (Å²) in [6.45, 7) is 5.20. The van der Waals surface area contributed by atoms with Crippen LogP contribution in [0.2, 0.25) is 0 Å². The van der Waals surface area contributed by atoms with E-state index in [2.05, 4.69) is 16.0 Å². The molecule has 6 N–H and O–H groups in total. The first-order valence-corrected chi connectivity index (χ1v) is 8.11. The standard InChI is InChI=1S/C17H26N4O5/c1-17(2,3)26-12-6-4-11(5-7-12)8-13(18)15(24)20-10-21-16(25)19-9-14(22)23/h4-7,13H,8-10,18H2,1-3H3,(H,20,24)(H,22,23)(H2,19,21,25)/t13-/m0/s1. The van der Waals surface area contributed by atoms with Crippen LogP contribution in [-0.2, 0) is 16.0 Å². The Bertz CT molecular complexity index is 625. The monoisotopic (exact) mass is 366 g/mol. The molecule has 3 amide bonds. The zero-order valence-corrected chi connectivity index (χ0v) is 15.2. The van der Waals surface area contributed by atoms with Gasteiger partial charge in [-0.05, 0) is 44.9 Å². The second-order valence-corrected chi connectivity index (χ2v) is 6.64. The maximum atomic E-state index is 11.9. The number of carboxylic acid groups (broad SMARTS) is 1. The fourth-order valence-corrected chi connectivity index (χ4v) is 1.95. The molecule has 9 nitrogen and oxygen atoms in total. The largest absolute Gasteiger partial charge is 0.488 e. The molecule has 26 heavy (non-hydrogen) atoms. The number of ether oxygens (including phenoxy) is 1. The second kappa shape index (κ2) is 9.62. The Morgan fingerprint density at radius 3 is 2.27 bits per heavy atom. The molecule has 0 aliphatic rings. The van der Waals surface area contributed by atoms with Gasteiger partial charge in [0.1, 0.15) is 17.9 Å². The van der Waals surface area contributed by atoms with E-state index in [0.717, 1.165) is 11.3 Å². The molecule has 0 bridgehead atoms. The predicted molar refractivity (Wildman–Crippen MR) is 95.7 cm³/mol. The van der Waals surface area contributed by atoms with Gasteiger partial charge in [0.2, 0.25) is 5.91 Å². The van der Waals surface area contributed by atoms with Crippen LogP contribution in [0.25, 0.3) is 0 Å². The molecule has 0 saturated carbocycles. The van der Waals surface area contributed by atoms with Crippen LogP contribution in [0.4, 0.5) is 4.79 Å². The number of hydrogen-bond donors (Lipinski definition) is 5. The van der Waals surface area contributed by atoms with Gasteiger partial charge >= 0.3 is 12.0 Å². The number of rotatable bonds is 8. The lowest BCUT2D eigenvalue weighted by atomic mass is 10.1. The number of carbonyl (C=O) groups excluding carboxylic acids is 2. The van der Waals surface area contributed by atoms with Crippen LogP contribution in [0, 0.1) is 0 Å². The Balaban J connectivity index is 2.37. The van der Waals surface area contributed by atoms with Gasteiger partial charge in [-0.25, -0.2) is 4.79 Å². The molecule has 0 radical (unpaired) electrons. The molecule has 1 aromatic rings. The molecular weight excluding hydrogens is 340 g/mol. The number of hydrogen-bond acceptors (Lipinski definition) is 5. The van der Waals surface area contributed by atoms with Crippen LogP contribution < -0.4 is 26.4 Å². The van der Waals surface area contributed by atoms with Crippen molar-refractivity contribution in [2.24, 2.45) is 5.73 Å². The highest BCUT2D eigenvalue weighted by Crippen LogP contribution is 2.18. The Labute approximate surface area is 152 Å². The summed E-state index contributed by atoms with van der Waals surface area (Å²) in [5.41, 5.74) is 6.44. The smallest absolute Gasteiger partial charge is 0.323 e. The van der Waals surface area contributed by atoms with E-state index < -0.39 is 30.5 Å². The third-order valence-corrected chi connectivity index (χ3v) is 3.05. The molecule has 1 aromatic carbocycles. The zero-order valence-electron chi connectivity index (χ0n) is 15.2. The number of aliphatic carboxylic acids is 1. The van der Waals surface area contributed by atoms with Crippen molar-refractivity contribution in [3.05, 3.63) is 29.8 Å². The van der Waals surface area contributed by atoms with E-state index in [-0.39, 0.29) is 12.3 Å². The summed E-state index contributed by atoms with van der Waals surface area (Å²) in [5, 5.41) is 15.3. The van der Waals surface area contributed by atoms with Gasteiger partial charge in [-0.15, -0.1) is 0 Å². The number of carbonyl (C=O) groups is 3. The fourth-order valence-electron chi connectivity index (χ4n) is 1.95. The first kappa shape index (κ1) is 21.2. The molecular formula is C17H26N4O5. The third kappa shape index (κ3) is 8.88. The summed E-state index contributed by atoms with van der Waals surface area (Å²) in [5.74, 6) is -0.862. The van der Waals surface area contributed by atoms with Crippen molar-refractivity contribution >= 4 is 17.9 Å². The molecule has 0 aliphatic carbocycles.